The van der Waals surface area contributed by atoms with E-state index in [9.17, 15) is 0 Å². The van der Waals surface area contributed by atoms with E-state index in [4.69, 9.17) is 11.5 Å². The van der Waals surface area contributed by atoms with E-state index < -0.39 is 0 Å². The zero-order valence-electron chi connectivity index (χ0n) is 7.13. The van der Waals surface area contributed by atoms with E-state index in [1.165, 1.54) is 38.5 Å². The molecular weight excluding hydrogens is 319 g/mol. The van der Waals surface area contributed by atoms with Gasteiger partial charge in [0.15, 0.2) is 0 Å². The van der Waals surface area contributed by atoms with E-state index >= 15 is 0 Å². The maximum absolute atomic E-state index is 5.11. The summed E-state index contributed by atoms with van der Waals surface area (Å²) in [7, 11) is 0. The first kappa shape index (κ1) is 11.6. The van der Waals surface area contributed by atoms with Gasteiger partial charge in [-0.3, -0.25) is 0 Å². The van der Waals surface area contributed by atoms with Crippen LogP contribution in [0.3, 0.4) is 0 Å². The summed E-state index contributed by atoms with van der Waals surface area (Å²) in [5.41, 5.74) is 10.2. The third-order valence-electron chi connectivity index (χ3n) is 1.68. The molecule has 0 aromatic rings. The summed E-state index contributed by atoms with van der Waals surface area (Å²) in [5, 5.41) is 0. The first-order chi connectivity index (χ1) is 5.41. The fraction of sp³-hybridized carbons (Fsp3) is 1.00. The summed E-state index contributed by atoms with van der Waals surface area (Å²) in [5.74, 6) is 0. The molecule has 0 amide bonds. The van der Waals surface area contributed by atoms with Crippen molar-refractivity contribution in [1.82, 2.24) is 0 Å². The van der Waals surface area contributed by atoms with E-state index in [2.05, 4.69) is 0 Å². The third kappa shape index (κ3) is 10.6. The Morgan fingerprint density at radius 2 is 1.00 bits per heavy atom. The van der Waals surface area contributed by atoms with E-state index in [1.807, 2.05) is 0 Å². The van der Waals surface area contributed by atoms with Crippen LogP contribution in [-0.2, 0) is 18.6 Å². The molecule has 0 atom stereocenters. The van der Waals surface area contributed by atoms with Crippen LogP contribution in [0.4, 0.5) is 0 Å². The van der Waals surface area contributed by atoms with Gasteiger partial charge in [-0.2, -0.15) is 0 Å². The van der Waals surface area contributed by atoms with E-state index in [-0.39, 0.29) is 18.6 Å². The van der Waals surface area contributed by atoms with Crippen LogP contribution in [-0.4, -0.2) is 9.87 Å². The molecule has 1 rings (SSSR count). The Balaban J connectivity index is 0.000000187. The summed E-state index contributed by atoms with van der Waals surface area (Å²) in [6.07, 6.45) is 9.00. The van der Waals surface area contributed by atoms with Gasteiger partial charge < -0.3 is 0 Å². The van der Waals surface area contributed by atoms with Crippen LogP contribution in [0.1, 0.15) is 38.5 Å². The fourth-order valence-corrected chi connectivity index (χ4v) is 1.49. The molecule has 1 fully saturated rings. The Morgan fingerprint density at radius 1 is 0.727 bits per heavy atom. The molecule has 0 unspecified atom stereocenters. The van der Waals surface area contributed by atoms with Gasteiger partial charge in [0, 0.05) is 0 Å². The Morgan fingerprint density at radius 3 is 1.09 bits per heavy atom. The predicted octanol–water partition coefficient (Wildman–Crippen LogP) is 1.24. The molecule has 1 aliphatic rings. The Labute approximate surface area is 78.6 Å². The van der Waals surface area contributed by atoms with E-state index in [0.29, 0.717) is 0 Å². The van der Waals surface area contributed by atoms with Gasteiger partial charge in [-0.05, 0) is 0 Å². The minimum absolute atomic E-state index is 0.179. The molecule has 0 saturated heterocycles. The van der Waals surface area contributed by atoms with Crippen molar-refractivity contribution in [1.29, 1.82) is 0 Å². The molecular formula is C8H20N2Pt. The predicted molar refractivity (Wildman–Crippen MR) is 45.8 cm³/mol. The average molecular weight is 339 g/mol. The Kier molecular flexibility index (Phi) is 11.2. The number of rotatable bonds is 2. The van der Waals surface area contributed by atoms with Gasteiger partial charge in [-0.1, -0.05) is 38.5 Å². The van der Waals surface area contributed by atoms with Gasteiger partial charge in [0.1, 0.15) is 0 Å². The summed E-state index contributed by atoms with van der Waals surface area (Å²) < 4.78 is 0. The van der Waals surface area contributed by atoms with Gasteiger partial charge in [0.2, 0.25) is 0 Å². The van der Waals surface area contributed by atoms with Gasteiger partial charge >= 0.3 is 39.9 Å². The second-order valence-electron chi connectivity index (χ2n) is 2.54. The summed E-state index contributed by atoms with van der Waals surface area (Å²) >= 11 is 0.179. The average Bonchev–Trinajstić information content (AvgIpc) is 2.10. The monoisotopic (exact) mass is 339 g/mol. The first-order valence-electron chi connectivity index (χ1n) is 4.26. The minimum atomic E-state index is 0.179. The van der Waals surface area contributed by atoms with Gasteiger partial charge in [0.25, 0.3) is 0 Å². The summed E-state index contributed by atoms with van der Waals surface area (Å²) in [6.45, 7) is 0. The second kappa shape index (κ2) is 10.6. The second-order valence-corrected chi connectivity index (χ2v) is 5.53. The van der Waals surface area contributed by atoms with Crippen LogP contribution < -0.4 is 11.5 Å². The molecule has 0 bridgehead atoms. The molecule has 1 aliphatic carbocycles. The molecule has 0 spiro atoms. The SMILES string of the molecule is C1CCCCC1.N[CH2][Pt][CH2]N. The zero-order valence-corrected chi connectivity index (χ0v) is 9.40. The Bertz CT molecular complexity index is 51.6. The third-order valence-corrected chi connectivity index (χ3v) is 2.99. The molecule has 2 nitrogen and oxygen atoms in total. The first-order valence-corrected chi connectivity index (χ1v) is 7.48. The molecule has 4 N–H and O–H groups in total. The van der Waals surface area contributed by atoms with Crippen molar-refractivity contribution in [3.63, 3.8) is 0 Å². The van der Waals surface area contributed by atoms with Gasteiger partial charge in [0.05, 0.1) is 0 Å². The van der Waals surface area contributed by atoms with Crippen LogP contribution in [0, 0.1) is 0 Å². The van der Waals surface area contributed by atoms with Crippen molar-refractivity contribution >= 4 is 0 Å². The van der Waals surface area contributed by atoms with Crippen LogP contribution in [0.15, 0.2) is 0 Å². The van der Waals surface area contributed by atoms with Crippen molar-refractivity contribution in [2.75, 3.05) is 9.87 Å². The zero-order chi connectivity index (χ0) is 8.36. The maximum atomic E-state index is 5.11. The normalized spacial score (nSPS) is 17.3. The van der Waals surface area contributed by atoms with Gasteiger partial charge in [-0.15, -0.1) is 0 Å². The fourth-order valence-electron chi connectivity index (χ4n) is 1.11. The van der Waals surface area contributed by atoms with Crippen molar-refractivity contribution < 1.29 is 18.6 Å². The molecule has 0 radical (unpaired) electrons. The molecule has 72 valence electrons. The van der Waals surface area contributed by atoms with Gasteiger partial charge in [-0.25, -0.2) is 0 Å². The van der Waals surface area contributed by atoms with Crippen LogP contribution in [0.2, 0.25) is 0 Å². The van der Waals surface area contributed by atoms with Crippen LogP contribution >= 0.6 is 0 Å². The summed E-state index contributed by atoms with van der Waals surface area (Å²) in [6, 6.07) is 0. The molecule has 1 saturated carbocycles. The van der Waals surface area contributed by atoms with Crippen LogP contribution in [0.25, 0.3) is 0 Å². The molecule has 0 heterocycles. The van der Waals surface area contributed by atoms with E-state index in [0.717, 1.165) is 9.87 Å². The molecule has 0 aromatic heterocycles. The van der Waals surface area contributed by atoms with Crippen LogP contribution in [0.5, 0.6) is 0 Å². The standard InChI is InChI=1S/C6H12.2CH4N.Pt/c1-2-4-6-5-3-1;2*1-2;/h1-6H2;2*1-2H2;. The number of nitrogens with two attached hydrogens (primary N) is 2. The van der Waals surface area contributed by atoms with Crippen molar-refractivity contribution in [3.05, 3.63) is 0 Å². The topological polar surface area (TPSA) is 52.0 Å². The molecule has 11 heavy (non-hydrogen) atoms. The molecule has 0 aromatic carbocycles. The quantitative estimate of drug-likeness (QED) is 0.795. The summed E-state index contributed by atoms with van der Waals surface area (Å²) in [4.78, 5) is 1.66. The number of hydrogen-bond donors (Lipinski definition) is 2. The Hall–Kier alpha value is 0.608. The van der Waals surface area contributed by atoms with Crippen molar-refractivity contribution in [2.45, 2.75) is 38.5 Å². The molecule has 0 aliphatic heterocycles. The van der Waals surface area contributed by atoms with Crippen molar-refractivity contribution in [2.24, 2.45) is 11.5 Å². The number of hydrogen-bond acceptors (Lipinski definition) is 2. The van der Waals surface area contributed by atoms with E-state index in [1.54, 1.807) is 0 Å². The van der Waals surface area contributed by atoms with Crippen molar-refractivity contribution in [3.8, 4) is 0 Å². The molecule has 3 heteroatoms.